The fourth-order valence-corrected chi connectivity index (χ4v) is 2.45. The maximum Gasteiger partial charge on any atom is 0.324 e. The summed E-state index contributed by atoms with van der Waals surface area (Å²) in [6.45, 7) is 4.75. The van der Waals surface area contributed by atoms with Crippen LogP contribution in [0.25, 0.3) is 0 Å². The van der Waals surface area contributed by atoms with Crippen molar-refractivity contribution in [3.05, 3.63) is 18.2 Å². The van der Waals surface area contributed by atoms with Crippen molar-refractivity contribution >= 4 is 21.5 Å². The molecule has 9 nitrogen and oxygen atoms in total. The van der Waals surface area contributed by atoms with Crippen LogP contribution in [-0.4, -0.2) is 55.5 Å². The van der Waals surface area contributed by atoms with E-state index in [1.54, 1.807) is 20.8 Å². The van der Waals surface area contributed by atoms with Crippen molar-refractivity contribution in [1.29, 1.82) is 0 Å². The zero-order valence-corrected chi connectivity index (χ0v) is 15.3. The predicted molar refractivity (Wildman–Crippen MR) is 90.9 cm³/mol. The number of hydrogen-bond donors (Lipinski definition) is 4. The standard InChI is InChI=1S/C15H24N2O7S/c1-15(2,3)24-14(20)17-11(13(18)19)8-23-12-6-5-9(7-10(12)16)25(4,21)22/h5-7,11,14,17,20H,8,16H2,1-4H3,(H,18,19)/t11-,14-/m0/s1. The molecule has 0 aliphatic heterocycles. The molecule has 25 heavy (non-hydrogen) atoms. The molecule has 0 radical (unpaired) electrons. The molecule has 0 aliphatic rings. The highest BCUT2D eigenvalue weighted by molar-refractivity contribution is 7.90. The number of carbonyl (C=O) groups is 1. The lowest BCUT2D eigenvalue weighted by Crippen LogP contribution is -2.49. The lowest BCUT2D eigenvalue weighted by molar-refractivity contribution is -0.190. The van der Waals surface area contributed by atoms with E-state index < -0.39 is 33.9 Å². The van der Waals surface area contributed by atoms with Crippen molar-refractivity contribution in [2.45, 2.75) is 43.7 Å². The molecule has 0 aromatic heterocycles. The molecule has 1 aromatic carbocycles. The highest BCUT2D eigenvalue weighted by atomic mass is 32.2. The second-order valence-electron chi connectivity index (χ2n) is 6.42. The summed E-state index contributed by atoms with van der Waals surface area (Å²) in [5.41, 5.74) is 5.11. The highest BCUT2D eigenvalue weighted by Gasteiger charge is 2.25. The third kappa shape index (κ3) is 7.26. The largest absolute Gasteiger partial charge is 0.489 e. The number of anilines is 1. The van der Waals surface area contributed by atoms with Gasteiger partial charge in [-0.25, -0.2) is 8.42 Å². The van der Waals surface area contributed by atoms with Gasteiger partial charge in [0.1, 0.15) is 18.4 Å². The molecule has 1 rings (SSSR count). The number of rotatable bonds is 8. The molecule has 0 fully saturated rings. The Morgan fingerprint density at radius 3 is 2.40 bits per heavy atom. The number of carboxylic acids is 1. The molecule has 0 unspecified atom stereocenters. The third-order valence-electron chi connectivity index (χ3n) is 2.92. The Morgan fingerprint density at radius 2 is 1.96 bits per heavy atom. The summed E-state index contributed by atoms with van der Waals surface area (Å²) >= 11 is 0. The number of nitrogens with two attached hydrogens (primary N) is 1. The first-order valence-corrected chi connectivity index (χ1v) is 9.26. The molecule has 5 N–H and O–H groups in total. The second-order valence-corrected chi connectivity index (χ2v) is 8.44. The van der Waals surface area contributed by atoms with E-state index in [4.69, 9.17) is 15.2 Å². The van der Waals surface area contributed by atoms with Crippen molar-refractivity contribution in [1.82, 2.24) is 5.32 Å². The molecule has 1 aromatic rings. The zero-order valence-electron chi connectivity index (χ0n) is 14.5. The normalized spacial score (nSPS) is 14.8. The summed E-state index contributed by atoms with van der Waals surface area (Å²) in [5.74, 6) is -1.13. The van der Waals surface area contributed by atoms with Crippen LogP contribution in [0.1, 0.15) is 20.8 Å². The van der Waals surface area contributed by atoms with Gasteiger partial charge in [0.15, 0.2) is 9.84 Å². The predicted octanol–water partition coefficient (Wildman–Crippen LogP) is 0.185. The van der Waals surface area contributed by atoms with Crippen LogP contribution in [0.2, 0.25) is 0 Å². The Hall–Kier alpha value is -1.88. The Balaban J connectivity index is 2.77. The Bertz CT molecular complexity index is 713. The fourth-order valence-electron chi connectivity index (χ4n) is 1.79. The number of sulfone groups is 1. The van der Waals surface area contributed by atoms with Crippen LogP contribution in [0, 0.1) is 0 Å². The van der Waals surface area contributed by atoms with Crippen LogP contribution in [0.3, 0.4) is 0 Å². The molecule has 2 atom stereocenters. The summed E-state index contributed by atoms with van der Waals surface area (Å²) in [5, 5.41) is 21.3. The molecule has 0 spiro atoms. The van der Waals surface area contributed by atoms with Crippen LogP contribution < -0.4 is 15.8 Å². The molecular formula is C15H24N2O7S. The van der Waals surface area contributed by atoms with E-state index in [1.165, 1.54) is 18.2 Å². The summed E-state index contributed by atoms with van der Waals surface area (Å²) in [6, 6.07) is 2.60. The van der Waals surface area contributed by atoms with Crippen molar-refractivity contribution in [2.24, 2.45) is 0 Å². The SMILES string of the molecule is CC(C)(C)O[C@H](O)N[C@@H](COc1ccc(S(C)(=O)=O)cc1N)C(=O)O. The molecule has 142 valence electrons. The van der Waals surface area contributed by atoms with Gasteiger partial charge in [-0.1, -0.05) is 0 Å². The molecule has 0 saturated carbocycles. The number of carboxylic acid groups (broad SMARTS) is 1. The quantitative estimate of drug-likeness (QED) is 0.368. The molecule has 0 bridgehead atoms. The first kappa shape index (κ1) is 21.2. The van der Waals surface area contributed by atoms with Crippen molar-refractivity contribution < 1.29 is 32.9 Å². The van der Waals surface area contributed by atoms with E-state index in [0.29, 0.717) is 0 Å². The number of benzene rings is 1. The van der Waals surface area contributed by atoms with Gasteiger partial charge in [-0.15, -0.1) is 0 Å². The minimum Gasteiger partial charge on any atom is -0.489 e. The number of nitrogens with one attached hydrogen (secondary N) is 1. The van der Waals surface area contributed by atoms with Gasteiger partial charge >= 0.3 is 5.97 Å². The topological polar surface area (TPSA) is 148 Å². The number of aliphatic carboxylic acids is 1. The molecule has 0 aliphatic carbocycles. The van der Waals surface area contributed by atoms with E-state index in [2.05, 4.69) is 5.32 Å². The van der Waals surface area contributed by atoms with E-state index in [0.717, 1.165) is 6.26 Å². The Kier molecular flexibility index (Phi) is 6.77. The average Bonchev–Trinajstić information content (AvgIpc) is 2.41. The van der Waals surface area contributed by atoms with Gasteiger partial charge in [0.2, 0.25) is 6.41 Å². The second kappa shape index (κ2) is 8.00. The van der Waals surface area contributed by atoms with Crippen LogP contribution in [0.15, 0.2) is 23.1 Å². The van der Waals surface area contributed by atoms with Crippen molar-refractivity contribution in [3.63, 3.8) is 0 Å². The number of aliphatic hydroxyl groups excluding tert-OH is 1. The minimum atomic E-state index is -3.41. The monoisotopic (exact) mass is 376 g/mol. The minimum absolute atomic E-state index is 0.0271. The van der Waals surface area contributed by atoms with Gasteiger partial charge in [0.25, 0.3) is 0 Å². The maximum atomic E-state index is 11.5. The van der Waals surface area contributed by atoms with E-state index in [-0.39, 0.29) is 22.9 Å². The van der Waals surface area contributed by atoms with Gasteiger partial charge in [0, 0.05) is 6.26 Å². The van der Waals surface area contributed by atoms with E-state index >= 15 is 0 Å². The average molecular weight is 376 g/mol. The number of ether oxygens (including phenoxy) is 2. The maximum absolute atomic E-state index is 11.5. The first-order chi connectivity index (χ1) is 11.3. The van der Waals surface area contributed by atoms with Gasteiger partial charge in [-0.3, -0.25) is 10.1 Å². The molecule has 10 heteroatoms. The number of aliphatic hydroxyl groups is 1. The number of nitrogen functional groups attached to an aromatic ring is 1. The lowest BCUT2D eigenvalue weighted by atomic mass is 10.2. The smallest absolute Gasteiger partial charge is 0.324 e. The first-order valence-electron chi connectivity index (χ1n) is 7.37. The number of hydrogen-bond acceptors (Lipinski definition) is 8. The highest BCUT2D eigenvalue weighted by Crippen LogP contribution is 2.25. The summed E-state index contributed by atoms with van der Waals surface area (Å²) in [6.07, 6.45) is -0.460. The zero-order chi connectivity index (χ0) is 19.4. The van der Waals surface area contributed by atoms with Crippen LogP contribution in [0.4, 0.5) is 5.69 Å². The fraction of sp³-hybridized carbons (Fsp3) is 0.533. The summed E-state index contributed by atoms with van der Waals surface area (Å²) in [4.78, 5) is 11.3. The van der Waals surface area contributed by atoms with E-state index in [9.17, 15) is 23.4 Å². The summed E-state index contributed by atoms with van der Waals surface area (Å²) in [7, 11) is -3.41. The summed E-state index contributed by atoms with van der Waals surface area (Å²) < 4.78 is 33.4. The molecule has 0 heterocycles. The van der Waals surface area contributed by atoms with Gasteiger partial charge < -0.3 is 25.4 Å². The van der Waals surface area contributed by atoms with Gasteiger partial charge in [0.05, 0.1) is 16.2 Å². The van der Waals surface area contributed by atoms with Crippen molar-refractivity contribution in [2.75, 3.05) is 18.6 Å². The lowest BCUT2D eigenvalue weighted by Gasteiger charge is -2.26. The van der Waals surface area contributed by atoms with Gasteiger partial charge in [-0.05, 0) is 39.0 Å². The van der Waals surface area contributed by atoms with Gasteiger partial charge in [-0.2, -0.15) is 0 Å². The molecular weight excluding hydrogens is 352 g/mol. The van der Waals surface area contributed by atoms with E-state index in [1.807, 2.05) is 0 Å². The van der Waals surface area contributed by atoms with Crippen LogP contribution in [-0.2, 0) is 19.4 Å². The Labute approximate surface area is 146 Å². The molecule has 0 saturated heterocycles. The van der Waals surface area contributed by atoms with Crippen LogP contribution >= 0.6 is 0 Å². The molecule has 0 amide bonds. The van der Waals surface area contributed by atoms with Crippen LogP contribution in [0.5, 0.6) is 5.75 Å². The Morgan fingerprint density at radius 1 is 1.36 bits per heavy atom. The van der Waals surface area contributed by atoms with Crippen molar-refractivity contribution in [3.8, 4) is 5.75 Å². The third-order valence-corrected chi connectivity index (χ3v) is 4.03.